The molecule has 1 saturated heterocycles. The lowest BCUT2D eigenvalue weighted by Gasteiger charge is -2.38. The van der Waals surface area contributed by atoms with Crippen molar-refractivity contribution in [1.82, 2.24) is 9.88 Å². The minimum atomic E-state index is -0.302. The van der Waals surface area contributed by atoms with E-state index in [0.29, 0.717) is 0 Å². The van der Waals surface area contributed by atoms with Gasteiger partial charge < -0.3 is 9.80 Å². The molecule has 22 heavy (non-hydrogen) atoms. The maximum atomic E-state index is 12.4. The summed E-state index contributed by atoms with van der Waals surface area (Å²) in [6, 6.07) is 10.3. The van der Waals surface area contributed by atoms with Crippen molar-refractivity contribution in [2.75, 3.05) is 31.1 Å². The molecule has 1 aromatic carbocycles. The van der Waals surface area contributed by atoms with Crippen LogP contribution in [0.4, 0.5) is 5.69 Å². The SMILES string of the molecule is CC(C)(C)C(=O)N1CCN(c2cccc3cccnc23)CC1. The molecule has 4 heteroatoms. The molecule has 4 nitrogen and oxygen atoms in total. The zero-order valence-electron chi connectivity index (χ0n) is 13.5. The highest BCUT2D eigenvalue weighted by Gasteiger charge is 2.30. The van der Waals surface area contributed by atoms with E-state index in [9.17, 15) is 4.79 Å². The molecule has 1 fully saturated rings. The Balaban J connectivity index is 1.78. The van der Waals surface area contributed by atoms with Crippen molar-refractivity contribution in [1.29, 1.82) is 0 Å². The number of hydrogen-bond acceptors (Lipinski definition) is 3. The highest BCUT2D eigenvalue weighted by molar-refractivity contribution is 5.91. The first-order valence-corrected chi connectivity index (χ1v) is 7.85. The number of para-hydroxylation sites is 1. The minimum Gasteiger partial charge on any atom is -0.366 e. The maximum absolute atomic E-state index is 12.4. The van der Waals surface area contributed by atoms with Crippen LogP contribution in [0.2, 0.25) is 0 Å². The van der Waals surface area contributed by atoms with Gasteiger partial charge in [0.2, 0.25) is 5.91 Å². The summed E-state index contributed by atoms with van der Waals surface area (Å²) >= 11 is 0. The number of hydrogen-bond donors (Lipinski definition) is 0. The first-order chi connectivity index (χ1) is 10.5. The van der Waals surface area contributed by atoms with E-state index in [-0.39, 0.29) is 11.3 Å². The summed E-state index contributed by atoms with van der Waals surface area (Å²) in [6.07, 6.45) is 1.84. The van der Waals surface area contributed by atoms with Crippen molar-refractivity contribution in [2.24, 2.45) is 5.41 Å². The topological polar surface area (TPSA) is 36.4 Å². The number of anilines is 1. The molecule has 2 heterocycles. The molecule has 0 N–H and O–H groups in total. The summed E-state index contributed by atoms with van der Waals surface area (Å²) in [7, 11) is 0. The van der Waals surface area contributed by atoms with Gasteiger partial charge in [-0.1, -0.05) is 39.0 Å². The van der Waals surface area contributed by atoms with E-state index in [1.54, 1.807) is 0 Å². The van der Waals surface area contributed by atoms with Gasteiger partial charge in [-0.15, -0.1) is 0 Å². The van der Waals surface area contributed by atoms with E-state index in [1.165, 1.54) is 5.69 Å². The number of benzene rings is 1. The fourth-order valence-electron chi connectivity index (χ4n) is 2.97. The molecule has 0 bridgehead atoms. The van der Waals surface area contributed by atoms with Gasteiger partial charge in [0.1, 0.15) is 0 Å². The Morgan fingerprint density at radius 1 is 1.05 bits per heavy atom. The molecule has 1 amide bonds. The van der Waals surface area contributed by atoms with Crippen LogP contribution in [0.5, 0.6) is 0 Å². The van der Waals surface area contributed by atoms with Crippen LogP contribution >= 0.6 is 0 Å². The van der Waals surface area contributed by atoms with Crippen LogP contribution in [0.1, 0.15) is 20.8 Å². The van der Waals surface area contributed by atoms with E-state index in [1.807, 2.05) is 37.9 Å². The van der Waals surface area contributed by atoms with Crippen molar-refractivity contribution in [3.05, 3.63) is 36.5 Å². The van der Waals surface area contributed by atoms with Crippen LogP contribution < -0.4 is 4.90 Å². The third kappa shape index (κ3) is 2.78. The second-order valence-corrected chi connectivity index (χ2v) is 6.88. The molecular weight excluding hydrogens is 274 g/mol. The van der Waals surface area contributed by atoms with Crippen LogP contribution in [0.25, 0.3) is 10.9 Å². The van der Waals surface area contributed by atoms with Gasteiger partial charge in [-0.3, -0.25) is 9.78 Å². The van der Waals surface area contributed by atoms with E-state index < -0.39 is 0 Å². The zero-order chi connectivity index (χ0) is 15.7. The second-order valence-electron chi connectivity index (χ2n) is 6.88. The normalized spacial score (nSPS) is 16.1. The van der Waals surface area contributed by atoms with Gasteiger partial charge in [0, 0.05) is 43.2 Å². The molecule has 1 aliphatic rings. The van der Waals surface area contributed by atoms with Crippen LogP contribution in [-0.4, -0.2) is 42.0 Å². The number of fused-ring (bicyclic) bond motifs is 1. The summed E-state index contributed by atoms with van der Waals surface area (Å²) in [5, 5.41) is 1.16. The number of piperazine rings is 1. The number of aromatic nitrogens is 1. The Hall–Kier alpha value is -2.10. The minimum absolute atomic E-state index is 0.239. The van der Waals surface area contributed by atoms with Gasteiger partial charge in [-0.25, -0.2) is 0 Å². The Kier molecular flexibility index (Phi) is 3.77. The van der Waals surface area contributed by atoms with Gasteiger partial charge in [0.25, 0.3) is 0 Å². The van der Waals surface area contributed by atoms with Gasteiger partial charge in [-0.05, 0) is 12.1 Å². The van der Waals surface area contributed by atoms with Crippen molar-refractivity contribution < 1.29 is 4.79 Å². The molecule has 1 aliphatic heterocycles. The monoisotopic (exact) mass is 297 g/mol. The number of rotatable bonds is 1. The van der Waals surface area contributed by atoms with Crippen molar-refractivity contribution >= 4 is 22.5 Å². The first kappa shape index (κ1) is 14.8. The second kappa shape index (κ2) is 5.59. The average molecular weight is 297 g/mol. The van der Waals surface area contributed by atoms with Crippen molar-refractivity contribution in [3.8, 4) is 0 Å². The average Bonchev–Trinajstić information content (AvgIpc) is 2.53. The lowest BCUT2D eigenvalue weighted by molar-refractivity contribution is -0.139. The largest absolute Gasteiger partial charge is 0.366 e. The lowest BCUT2D eigenvalue weighted by atomic mass is 9.94. The van der Waals surface area contributed by atoms with E-state index in [4.69, 9.17) is 0 Å². The Bertz CT molecular complexity index is 677. The smallest absolute Gasteiger partial charge is 0.228 e. The van der Waals surface area contributed by atoms with Crippen molar-refractivity contribution in [2.45, 2.75) is 20.8 Å². The van der Waals surface area contributed by atoms with Crippen LogP contribution in [0.3, 0.4) is 0 Å². The summed E-state index contributed by atoms with van der Waals surface area (Å²) in [5.41, 5.74) is 1.91. The maximum Gasteiger partial charge on any atom is 0.228 e. The standard InChI is InChI=1S/C18H23N3O/c1-18(2,3)17(22)21-12-10-20(11-13-21)15-8-4-6-14-7-5-9-19-16(14)15/h4-9H,10-13H2,1-3H3. The Morgan fingerprint density at radius 3 is 2.41 bits per heavy atom. The summed E-state index contributed by atoms with van der Waals surface area (Å²) < 4.78 is 0. The van der Waals surface area contributed by atoms with Gasteiger partial charge in [-0.2, -0.15) is 0 Å². The third-order valence-corrected chi connectivity index (χ3v) is 4.16. The number of nitrogens with zero attached hydrogens (tertiary/aromatic N) is 3. The fourth-order valence-corrected chi connectivity index (χ4v) is 2.97. The molecule has 3 rings (SSSR count). The van der Waals surface area contributed by atoms with Crippen LogP contribution in [0, 0.1) is 5.41 Å². The molecule has 2 aromatic rings. The molecule has 116 valence electrons. The van der Waals surface area contributed by atoms with Gasteiger partial charge in [0.15, 0.2) is 0 Å². The third-order valence-electron chi connectivity index (χ3n) is 4.16. The molecule has 0 spiro atoms. The Morgan fingerprint density at radius 2 is 1.73 bits per heavy atom. The predicted octanol–water partition coefficient (Wildman–Crippen LogP) is 2.93. The highest BCUT2D eigenvalue weighted by Crippen LogP contribution is 2.26. The molecule has 0 unspecified atom stereocenters. The summed E-state index contributed by atoms with van der Waals surface area (Å²) in [6.45, 7) is 9.22. The van der Waals surface area contributed by atoms with Crippen LogP contribution in [0.15, 0.2) is 36.5 Å². The lowest BCUT2D eigenvalue weighted by Crippen LogP contribution is -2.51. The molecule has 0 atom stereocenters. The van der Waals surface area contributed by atoms with Crippen LogP contribution in [-0.2, 0) is 4.79 Å². The Labute approximate surface area is 131 Å². The molecule has 1 aromatic heterocycles. The fraction of sp³-hybridized carbons (Fsp3) is 0.444. The van der Waals surface area contributed by atoms with E-state index in [2.05, 4.69) is 34.1 Å². The van der Waals surface area contributed by atoms with Crippen molar-refractivity contribution in [3.63, 3.8) is 0 Å². The summed E-state index contributed by atoms with van der Waals surface area (Å²) in [4.78, 5) is 21.2. The number of pyridine rings is 1. The first-order valence-electron chi connectivity index (χ1n) is 7.85. The van der Waals surface area contributed by atoms with Gasteiger partial charge >= 0.3 is 0 Å². The number of carbonyl (C=O) groups is 1. The molecular formula is C18H23N3O. The summed E-state index contributed by atoms with van der Waals surface area (Å²) in [5.74, 6) is 0.239. The molecule has 0 saturated carbocycles. The van der Waals surface area contributed by atoms with E-state index in [0.717, 1.165) is 37.1 Å². The molecule has 0 radical (unpaired) electrons. The van der Waals surface area contributed by atoms with E-state index >= 15 is 0 Å². The van der Waals surface area contributed by atoms with Gasteiger partial charge in [0.05, 0.1) is 11.2 Å². The number of amides is 1. The predicted molar refractivity (Wildman–Crippen MR) is 90.0 cm³/mol. The number of carbonyl (C=O) groups excluding carboxylic acids is 1. The highest BCUT2D eigenvalue weighted by atomic mass is 16.2. The quantitative estimate of drug-likeness (QED) is 0.812. The molecule has 0 aliphatic carbocycles. The zero-order valence-corrected chi connectivity index (χ0v) is 13.5.